The van der Waals surface area contributed by atoms with Crippen LogP contribution < -0.4 is 0 Å². The zero-order valence-corrected chi connectivity index (χ0v) is 12.1. The van der Waals surface area contributed by atoms with E-state index < -0.39 is 0 Å². The Morgan fingerprint density at radius 1 is 0.950 bits per heavy atom. The van der Waals surface area contributed by atoms with Crippen LogP contribution in [0.2, 0.25) is 0 Å². The van der Waals surface area contributed by atoms with Crippen molar-refractivity contribution in [3.63, 3.8) is 0 Å². The fraction of sp³-hybridized carbons (Fsp3) is 0.211. The number of Topliss-reactive ketones (excluding diaryl/α,β-unsaturated/α-hetero) is 1. The lowest BCUT2D eigenvalue weighted by Crippen LogP contribution is -2.02. The number of fused-ring (bicyclic) bond motifs is 1. The largest absolute Gasteiger partial charge is 0.295 e. The molecule has 3 rings (SSSR count). The second-order valence-electron chi connectivity index (χ2n) is 5.57. The number of benzene rings is 2. The molecule has 2 aromatic carbocycles. The van der Waals surface area contributed by atoms with Crippen molar-refractivity contribution in [2.45, 2.75) is 26.7 Å². The maximum atomic E-state index is 12.0. The van der Waals surface area contributed by atoms with Crippen LogP contribution >= 0.6 is 0 Å². The van der Waals surface area contributed by atoms with E-state index in [0.717, 1.165) is 16.5 Å². The van der Waals surface area contributed by atoms with Crippen LogP contribution in [0.1, 0.15) is 42.6 Å². The van der Waals surface area contributed by atoms with Crippen molar-refractivity contribution < 1.29 is 4.79 Å². The molecule has 0 amide bonds. The highest BCUT2D eigenvalue weighted by Gasteiger charge is 2.19. The predicted molar refractivity (Wildman–Crippen MR) is 84.2 cm³/mol. The lowest BCUT2D eigenvalue weighted by atomic mass is 9.90. The van der Waals surface area contributed by atoms with Crippen LogP contribution in [0.5, 0.6) is 0 Å². The number of ketones is 1. The van der Waals surface area contributed by atoms with Gasteiger partial charge < -0.3 is 0 Å². The SMILES string of the molecule is CC(=O)c1cc2ccccc2cc1C1C=C(C)C(C)=C1. The minimum atomic E-state index is 0.134. The third kappa shape index (κ3) is 2.09. The van der Waals surface area contributed by atoms with E-state index in [1.165, 1.54) is 16.5 Å². The summed E-state index contributed by atoms with van der Waals surface area (Å²) < 4.78 is 0. The summed E-state index contributed by atoms with van der Waals surface area (Å²) in [4.78, 5) is 12.0. The van der Waals surface area contributed by atoms with Gasteiger partial charge >= 0.3 is 0 Å². The molecule has 0 heterocycles. The van der Waals surface area contributed by atoms with Gasteiger partial charge in [0.15, 0.2) is 5.78 Å². The van der Waals surface area contributed by atoms with Crippen molar-refractivity contribution >= 4 is 16.6 Å². The molecule has 1 aliphatic carbocycles. The van der Waals surface area contributed by atoms with Gasteiger partial charge in [0, 0.05) is 11.5 Å². The number of carbonyl (C=O) groups excluding carboxylic acids is 1. The highest BCUT2D eigenvalue weighted by Crippen LogP contribution is 2.34. The zero-order valence-electron chi connectivity index (χ0n) is 12.1. The first-order valence-electron chi connectivity index (χ1n) is 6.97. The summed E-state index contributed by atoms with van der Waals surface area (Å²) in [5, 5.41) is 2.32. The third-order valence-corrected chi connectivity index (χ3v) is 4.14. The summed E-state index contributed by atoms with van der Waals surface area (Å²) in [6.07, 6.45) is 4.48. The first-order valence-corrected chi connectivity index (χ1v) is 6.97. The second-order valence-corrected chi connectivity index (χ2v) is 5.57. The Balaban J connectivity index is 2.24. The topological polar surface area (TPSA) is 17.1 Å². The van der Waals surface area contributed by atoms with Gasteiger partial charge in [0.25, 0.3) is 0 Å². The highest BCUT2D eigenvalue weighted by molar-refractivity contribution is 6.00. The van der Waals surface area contributed by atoms with Crippen molar-refractivity contribution in [3.8, 4) is 0 Å². The van der Waals surface area contributed by atoms with Crippen molar-refractivity contribution in [3.05, 3.63) is 70.8 Å². The molecule has 0 saturated heterocycles. The molecule has 0 spiro atoms. The van der Waals surface area contributed by atoms with Gasteiger partial charge in [0.2, 0.25) is 0 Å². The molecule has 0 fully saturated rings. The standard InChI is InChI=1S/C19H18O/c1-12-8-17(9-13(12)2)19-11-16-7-5-4-6-15(16)10-18(19)14(3)20/h4-11,17H,1-3H3. The molecule has 0 radical (unpaired) electrons. The summed E-state index contributed by atoms with van der Waals surface area (Å²) in [6, 6.07) is 12.4. The van der Waals surface area contributed by atoms with E-state index in [0.29, 0.717) is 0 Å². The molecule has 20 heavy (non-hydrogen) atoms. The summed E-state index contributed by atoms with van der Waals surface area (Å²) >= 11 is 0. The van der Waals surface area contributed by atoms with Crippen LogP contribution in [0.25, 0.3) is 10.8 Å². The molecule has 0 atom stereocenters. The van der Waals surface area contributed by atoms with E-state index in [2.05, 4.69) is 44.2 Å². The van der Waals surface area contributed by atoms with E-state index in [1.807, 2.05) is 18.2 Å². The van der Waals surface area contributed by atoms with Crippen LogP contribution in [0.4, 0.5) is 0 Å². The molecule has 0 aliphatic heterocycles. The Hall–Kier alpha value is -2.15. The second kappa shape index (κ2) is 4.75. The third-order valence-electron chi connectivity index (χ3n) is 4.14. The quantitative estimate of drug-likeness (QED) is 0.693. The van der Waals surface area contributed by atoms with Gasteiger partial charge in [-0.15, -0.1) is 0 Å². The fourth-order valence-electron chi connectivity index (χ4n) is 2.87. The molecule has 0 unspecified atom stereocenters. The smallest absolute Gasteiger partial charge is 0.160 e. The average Bonchev–Trinajstić information content (AvgIpc) is 2.77. The molecule has 1 heteroatoms. The minimum Gasteiger partial charge on any atom is -0.295 e. The van der Waals surface area contributed by atoms with Gasteiger partial charge in [0.1, 0.15) is 0 Å². The number of hydrogen-bond acceptors (Lipinski definition) is 1. The van der Waals surface area contributed by atoms with Gasteiger partial charge in [-0.25, -0.2) is 0 Å². The van der Waals surface area contributed by atoms with E-state index in [-0.39, 0.29) is 11.7 Å². The van der Waals surface area contributed by atoms with Crippen LogP contribution in [0, 0.1) is 0 Å². The monoisotopic (exact) mass is 262 g/mol. The molecular weight excluding hydrogens is 244 g/mol. The van der Waals surface area contributed by atoms with Crippen LogP contribution in [-0.2, 0) is 0 Å². The lowest BCUT2D eigenvalue weighted by Gasteiger charge is -2.13. The van der Waals surface area contributed by atoms with Crippen molar-refractivity contribution in [2.24, 2.45) is 0 Å². The van der Waals surface area contributed by atoms with Gasteiger partial charge in [0.05, 0.1) is 0 Å². The van der Waals surface area contributed by atoms with E-state index in [4.69, 9.17) is 0 Å². The molecule has 0 N–H and O–H groups in total. The average molecular weight is 262 g/mol. The highest BCUT2D eigenvalue weighted by atomic mass is 16.1. The molecule has 0 bridgehead atoms. The lowest BCUT2D eigenvalue weighted by molar-refractivity contribution is 0.101. The molecule has 1 nitrogen and oxygen atoms in total. The van der Waals surface area contributed by atoms with Crippen LogP contribution in [-0.4, -0.2) is 5.78 Å². The Morgan fingerprint density at radius 3 is 2.05 bits per heavy atom. The molecule has 2 aromatic rings. The van der Waals surface area contributed by atoms with Crippen molar-refractivity contribution in [1.82, 2.24) is 0 Å². The van der Waals surface area contributed by atoms with Gasteiger partial charge in [-0.1, -0.05) is 47.6 Å². The molecule has 100 valence electrons. The Labute approximate surface area is 119 Å². The Bertz CT molecular complexity index is 744. The van der Waals surface area contributed by atoms with Crippen molar-refractivity contribution in [2.75, 3.05) is 0 Å². The Morgan fingerprint density at radius 2 is 1.50 bits per heavy atom. The predicted octanol–water partition coefficient (Wildman–Crippen LogP) is 5.03. The Kier molecular flexibility index (Phi) is 3.06. The number of rotatable bonds is 2. The van der Waals surface area contributed by atoms with E-state index in [9.17, 15) is 4.79 Å². The summed E-state index contributed by atoms with van der Waals surface area (Å²) in [5.74, 6) is 0.355. The van der Waals surface area contributed by atoms with Gasteiger partial charge in [-0.3, -0.25) is 4.79 Å². The van der Waals surface area contributed by atoms with Crippen LogP contribution in [0.3, 0.4) is 0 Å². The molecule has 1 aliphatic rings. The first-order chi connectivity index (χ1) is 9.56. The van der Waals surface area contributed by atoms with E-state index in [1.54, 1.807) is 6.92 Å². The molecule has 0 saturated carbocycles. The summed E-state index contributed by atoms with van der Waals surface area (Å²) in [7, 11) is 0. The van der Waals surface area contributed by atoms with Crippen LogP contribution in [0.15, 0.2) is 59.7 Å². The zero-order chi connectivity index (χ0) is 14.3. The van der Waals surface area contributed by atoms with Gasteiger partial charge in [-0.2, -0.15) is 0 Å². The number of hydrogen-bond donors (Lipinski definition) is 0. The summed E-state index contributed by atoms with van der Waals surface area (Å²) in [5.41, 5.74) is 4.56. The minimum absolute atomic E-state index is 0.134. The van der Waals surface area contributed by atoms with Gasteiger partial charge in [-0.05, 0) is 49.2 Å². The molecule has 0 aromatic heterocycles. The van der Waals surface area contributed by atoms with E-state index >= 15 is 0 Å². The normalized spacial score (nSPS) is 15.3. The van der Waals surface area contributed by atoms with Crippen molar-refractivity contribution in [1.29, 1.82) is 0 Å². The maximum Gasteiger partial charge on any atom is 0.160 e. The maximum absolute atomic E-state index is 12.0. The fourth-order valence-corrected chi connectivity index (χ4v) is 2.87. The summed E-state index contributed by atoms with van der Waals surface area (Å²) in [6.45, 7) is 5.90. The number of allylic oxidation sites excluding steroid dienone is 4. The first kappa shape index (κ1) is 12.9. The number of carbonyl (C=O) groups is 1. The molecular formula is C19H18O.